The molecule has 0 amide bonds. The molecule has 0 saturated heterocycles. The summed E-state index contributed by atoms with van der Waals surface area (Å²) in [6.07, 6.45) is 3.83. The molecule has 0 aliphatic carbocycles. The van der Waals surface area contributed by atoms with E-state index in [2.05, 4.69) is 129 Å². The molecular weight excluding hydrogens is 881 g/mol. The lowest BCUT2D eigenvalue weighted by Crippen LogP contribution is -2.04. The van der Waals surface area contributed by atoms with Crippen molar-refractivity contribution in [2.24, 2.45) is 0 Å². The Labute approximate surface area is 414 Å². The number of rotatable bonds is 8. The zero-order valence-electron chi connectivity index (χ0n) is 38.5. The highest BCUT2D eigenvalue weighted by Gasteiger charge is 2.23. The molecule has 0 saturated carbocycles. The van der Waals surface area contributed by atoms with E-state index in [-0.39, 0.29) is 0 Å². The van der Waals surface area contributed by atoms with Crippen LogP contribution >= 0.6 is 0 Å². The van der Waals surface area contributed by atoms with Crippen LogP contribution in [-0.4, -0.2) is 29.1 Å². The van der Waals surface area contributed by atoms with E-state index in [4.69, 9.17) is 26.5 Å². The normalized spacial score (nSPS) is 11.3. The molecule has 13 rings (SSSR count). The molecule has 0 N–H and O–H groups in total. The summed E-state index contributed by atoms with van der Waals surface area (Å²) >= 11 is 0. The van der Waals surface area contributed by atoms with Crippen LogP contribution < -0.4 is 0 Å². The topological polar surface area (TPSA) is 89.6 Å². The number of benzene rings is 9. The van der Waals surface area contributed by atoms with Crippen molar-refractivity contribution in [1.82, 2.24) is 29.1 Å². The van der Waals surface area contributed by atoms with Crippen molar-refractivity contribution < 1.29 is 0 Å². The predicted octanol–water partition coefficient (Wildman–Crippen LogP) is 15.9. The van der Waals surface area contributed by atoms with Gasteiger partial charge in [-0.15, -0.1) is 0 Å². The number of nitrogens with zero attached hydrogens (tertiary/aromatic N) is 8. The molecule has 4 aromatic heterocycles. The Kier molecular flexibility index (Phi) is 10.1. The second-order valence-corrected chi connectivity index (χ2v) is 17.7. The number of fused-ring (bicyclic) bond motifs is 6. The first-order valence-electron chi connectivity index (χ1n) is 23.6. The van der Waals surface area contributed by atoms with Crippen LogP contribution in [0, 0.1) is 17.9 Å². The Morgan fingerprint density at radius 1 is 0.389 bits per heavy atom. The molecule has 0 aliphatic rings. The van der Waals surface area contributed by atoms with E-state index in [1.54, 1.807) is 0 Å². The summed E-state index contributed by atoms with van der Waals surface area (Å²) in [5, 5.41) is 14.0. The van der Waals surface area contributed by atoms with Crippen LogP contribution in [0.15, 0.2) is 231 Å². The first kappa shape index (κ1) is 41.9. The molecule has 4 heterocycles. The molecule has 9 aromatic carbocycles. The predicted molar refractivity (Wildman–Crippen MR) is 290 cm³/mol. The van der Waals surface area contributed by atoms with Crippen LogP contribution in [-0.2, 0) is 0 Å². The van der Waals surface area contributed by atoms with E-state index in [1.807, 2.05) is 122 Å². The Morgan fingerprint density at radius 3 is 1.42 bits per heavy atom. The maximum absolute atomic E-state index is 9.51. The maximum atomic E-state index is 9.51. The van der Waals surface area contributed by atoms with E-state index in [0.717, 1.165) is 105 Å². The SMILES string of the molecule is [C-]#[N+]c1ccc(-c2ccc3c(c2)c2ccccc2n3-c2ccc(-c3nc(-c4ccccc4)nc(-c4ccccc4)n3)cc2-c2ccncc2-n2c3ccccc3c3cc(-c4ccc(C#N)cc4)ccc32)cc1. The molecule has 8 heteroatoms. The standard InChI is InChI=1S/C64H38N8/c1-66-49-29-24-43(25-30-49)47-26-31-58-53(37-47)50-16-8-10-18-56(50)71(58)59-33-28-48(64-69-62(44-12-4-2-5-13-44)68-63(70-64)45-14-6-3-7-15-45)38-55(59)52-34-35-67-40-61(52)72-57-19-11-9-17-51(57)54-36-46(27-32-60(54)72)42-22-20-41(39-65)21-23-42/h2-38,40H. The number of aromatic nitrogens is 6. The Morgan fingerprint density at radius 2 is 0.861 bits per heavy atom. The number of hydrogen-bond donors (Lipinski definition) is 0. The van der Waals surface area contributed by atoms with Gasteiger partial charge in [-0.05, 0) is 95.1 Å². The minimum atomic E-state index is 0.550. The molecular formula is C64H38N8. The summed E-state index contributed by atoms with van der Waals surface area (Å²) in [6, 6.07) is 76.9. The van der Waals surface area contributed by atoms with Gasteiger partial charge in [-0.25, -0.2) is 19.8 Å². The zero-order chi connectivity index (χ0) is 48.1. The van der Waals surface area contributed by atoms with E-state index < -0.39 is 0 Å². The molecule has 0 atom stereocenters. The highest BCUT2D eigenvalue weighted by molar-refractivity contribution is 6.13. The quantitative estimate of drug-likeness (QED) is 0.142. The average molecular weight is 919 g/mol. The van der Waals surface area contributed by atoms with Crippen molar-refractivity contribution in [3.8, 4) is 85.0 Å². The van der Waals surface area contributed by atoms with Gasteiger partial charge in [-0.2, -0.15) is 5.26 Å². The van der Waals surface area contributed by atoms with Crippen LogP contribution in [0.25, 0.3) is 127 Å². The van der Waals surface area contributed by atoms with Crippen molar-refractivity contribution in [3.05, 3.63) is 248 Å². The molecule has 334 valence electrons. The zero-order valence-corrected chi connectivity index (χ0v) is 38.5. The Hall–Kier alpha value is -10.3. The van der Waals surface area contributed by atoms with Crippen molar-refractivity contribution in [1.29, 1.82) is 5.26 Å². The average Bonchev–Trinajstić information content (AvgIpc) is 3.97. The molecule has 0 bridgehead atoms. The van der Waals surface area contributed by atoms with E-state index in [9.17, 15) is 5.26 Å². The molecule has 13 aromatic rings. The smallest absolute Gasteiger partial charge is 0.187 e. The first-order valence-corrected chi connectivity index (χ1v) is 23.6. The number of pyridine rings is 1. The molecule has 8 nitrogen and oxygen atoms in total. The van der Waals surface area contributed by atoms with E-state index in [1.165, 1.54) is 0 Å². The van der Waals surface area contributed by atoms with Gasteiger partial charge in [0.05, 0.1) is 57.8 Å². The monoisotopic (exact) mass is 918 g/mol. The van der Waals surface area contributed by atoms with E-state index >= 15 is 0 Å². The highest BCUT2D eigenvalue weighted by atomic mass is 15.0. The summed E-state index contributed by atoms with van der Waals surface area (Å²) < 4.78 is 4.70. The van der Waals surface area contributed by atoms with Gasteiger partial charge in [-0.3, -0.25) is 4.98 Å². The second-order valence-electron chi connectivity index (χ2n) is 17.7. The Balaban J connectivity index is 1.07. The first-order chi connectivity index (χ1) is 35.6. The third-order valence-electron chi connectivity index (χ3n) is 13.5. The van der Waals surface area contributed by atoms with Crippen LogP contribution in [0.4, 0.5) is 5.69 Å². The number of nitriles is 1. The lowest BCUT2D eigenvalue weighted by atomic mass is 9.99. The van der Waals surface area contributed by atoms with Gasteiger partial charge in [0.15, 0.2) is 23.2 Å². The molecule has 0 spiro atoms. The summed E-state index contributed by atoms with van der Waals surface area (Å²) in [7, 11) is 0. The van der Waals surface area contributed by atoms with Gasteiger partial charge in [-0.1, -0.05) is 146 Å². The fourth-order valence-corrected chi connectivity index (χ4v) is 10.1. The lowest BCUT2D eigenvalue weighted by Gasteiger charge is -2.19. The van der Waals surface area contributed by atoms with Gasteiger partial charge in [0, 0.05) is 55.6 Å². The summed E-state index contributed by atoms with van der Waals surface area (Å²) in [4.78, 5) is 23.9. The minimum absolute atomic E-state index is 0.550. The second kappa shape index (κ2) is 17.4. The largest absolute Gasteiger partial charge is 0.309 e. The lowest BCUT2D eigenvalue weighted by molar-refractivity contribution is 1.07. The fraction of sp³-hybridized carbons (Fsp3) is 0. The van der Waals surface area contributed by atoms with Gasteiger partial charge < -0.3 is 9.13 Å². The maximum Gasteiger partial charge on any atom is 0.187 e. The molecule has 0 unspecified atom stereocenters. The highest BCUT2D eigenvalue weighted by Crippen LogP contribution is 2.43. The van der Waals surface area contributed by atoms with Gasteiger partial charge in [0.1, 0.15) is 0 Å². The van der Waals surface area contributed by atoms with Crippen molar-refractivity contribution in [2.45, 2.75) is 0 Å². The summed E-state index contributed by atoms with van der Waals surface area (Å²) in [6.45, 7) is 7.51. The number of hydrogen-bond acceptors (Lipinski definition) is 5. The van der Waals surface area contributed by atoms with E-state index in [0.29, 0.717) is 28.7 Å². The molecule has 0 fully saturated rings. The summed E-state index contributed by atoms with van der Waals surface area (Å²) in [5.74, 6) is 1.72. The van der Waals surface area contributed by atoms with Gasteiger partial charge in [0.2, 0.25) is 0 Å². The third-order valence-corrected chi connectivity index (χ3v) is 13.5. The van der Waals surface area contributed by atoms with Crippen LogP contribution in [0.3, 0.4) is 0 Å². The van der Waals surface area contributed by atoms with Crippen molar-refractivity contribution in [3.63, 3.8) is 0 Å². The van der Waals surface area contributed by atoms with Crippen molar-refractivity contribution in [2.75, 3.05) is 0 Å². The Bertz CT molecular complexity index is 4270. The van der Waals surface area contributed by atoms with Gasteiger partial charge in [0.25, 0.3) is 0 Å². The van der Waals surface area contributed by atoms with Gasteiger partial charge >= 0.3 is 0 Å². The fourth-order valence-electron chi connectivity index (χ4n) is 10.1. The van der Waals surface area contributed by atoms with Crippen LogP contribution in [0.2, 0.25) is 0 Å². The molecule has 0 aliphatic heterocycles. The van der Waals surface area contributed by atoms with Crippen LogP contribution in [0.1, 0.15) is 5.56 Å². The molecule has 72 heavy (non-hydrogen) atoms. The minimum Gasteiger partial charge on any atom is -0.309 e. The number of para-hydroxylation sites is 2. The van der Waals surface area contributed by atoms with Crippen molar-refractivity contribution >= 4 is 49.3 Å². The summed E-state index contributed by atoms with van der Waals surface area (Å²) in [5.41, 5.74) is 16.1. The molecule has 0 radical (unpaired) electrons. The third kappa shape index (κ3) is 7.15. The van der Waals surface area contributed by atoms with Crippen LogP contribution in [0.5, 0.6) is 0 Å².